The molecule has 1 saturated heterocycles. The van der Waals surface area contributed by atoms with Crippen LogP contribution in [-0.2, 0) is 4.79 Å². The van der Waals surface area contributed by atoms with Gasteiger partial charge < -0.3 is 15.1 Å². The molecule has 0 unspecified atom stereocenters. The average molecular weight is 436 g/mol. The first-order valence-electron chi connectivity index (χ1n) is 10.6. The Morgan fingerprint density at radius 2 is 1.61 bits per heavy atom. The van der Waals surface area contributed by atoms with Crippen LogP contribution in [0.1, 0.15) is 24.2 Å². The number of fused-ring (bicyclic) bond motifs is 1. The SMILES string of the molecule is CC(C)C(=O)N1CCN(c2ccc(Cl)cc2NC(=O)c2ccc3ccccc3c2)CC1. The van der Waals surface area contributed by atoms with Gasteiger partial charge in [-0.2, -0.15) is 0 Å². The zero-order valence-electron chi connectivity index (χ0n) is 17.8. The van der Waals surface area contributed by atoms with Crippen LogP contribution in [0, 0.1) is 5.92 Å². The minimum absolute atomic E-state index is 0.00103. The van der Waals surface area contributed by atoms with Gasteiger partial charge in [0.05, 0.1) is 11.4 Å². The van der Waals surface area contributed by atoms with Crippen LogP contribution in [0.5, 0.6) is 0 Å². The standard InChI is InChI=1S/C25H26ClN3O2/c1-17(2)25(31)29-13-11-28(12-14-29)23-10-9-21(26)16-22(23)27-24(30)20-8-7-18-5-3-4-6-19(18)15-20/h3-10,15-17H,11-14H2,1-2H3,(H,27,30). The van der Waals surface area contributed by atoms with Crippen LogP contribution in [-0.4, -0.2) is 42.9 Å². The molecule has 31 heavy (non-hydrogen) atoms. The minimum atomic E-state index is -0.178. The highest BCUT2D eigenvalue weighted by atomic mass is 35.5. The molecule has 1 aliphatic rings. The molecule has 4 rings (SSSR count). The molecule has 0 aliphatic carbocycles. The van der Waals surface area contributed by atoms with Crippen LogP contribution >= 0.6 is 11.6 Å². The quantitative estimate of drug-likeness (QED) is 0.623. The minimum Gasteiger partial charge on any atom is -0.366 e. The summed E-state index contributed by atoms with van der Waals surface area (Å²) in [5.74, 6) is 0.00219. The number of hydrogen-bond donors (Lipinski definition) is 1. The third-order valence-electron chi connectivity index (χ3n) is 5.64. The third kappa shape index (κ3) is 4.67. The van der Waals surface area contributed by atoms with Crippen LogP contribution in [0.25, 0.3) is 10.8 Å². The van der Waals surface area contributed by atoms with Gasteiger partial charge in [0.2, 0.25) is 5.91 Å². The van der Waals surface area contributed by atoms with Crippen molar-refractivity contribution in [1.29, 1.82) is 0 Å². The number of carbonyl (C=O) groups is 2. The number of piperazine rings is 1. The summed E-state index contributed by atoms with van der Waals surface area (Å²) in [6, 6.07) is 19.2. The molecule has 1 heterocycles. The molecular formula is C25H26ClN3O2. The molecule has 5 nitrogen and oxygen atoms in total. The number of rotatable bonds is 4. The smallest absolute Gasteiger partial charge is 0.255 e. The molecule has 2 amide bonds. The molecule has 0 saturated carbocycles. The van der Waals surface area contributed by atoms with E-state index in [2.05, 4.69) is 10.2 Å². The van der Waals surface area contributed by atoms with E-state index in [4.69, 9.17) is 11.6 Å². The summed E-state index contributed by atoms with van der Waals surface area (Å²) in [6.07, 6.45) is 0. The summed E-state index contributed by atoms with van der Waals surface area (Å²) >= 11 is 6.24. The topological polar surface area (TPSA) is 52.7 Å². The van der Waals surface area contributed by atoms with Crippen molar-refractivity contribution in [3.8, 4) is 0 Å². The molecule has 0 atom stereocenters. The van der Waals surface area contributed by atoms with Gasteiger partial charge in [0, 0.05) is 42.7 Å². The molecule has 1 N–H and O–H groups in total. The molecule has 0 spiro atoms. The highest BCUT2D eigenvalue weighted by Crippen LogP contribution is 2.31. The fourth-order valence-corrected chi connectivity index (χ4v) is 4.11. The molecule has 0 aromatic heterocycles. The summed E-state index contributed by atoms with van der Waals surface area (Å²) < 4.78 is 0. The Morgan fingerprint density at radius 3 is 2.32 bits per heavy atom. The van der Waals surface area contributed by atoms with Gasteiger partial charge >= 0.3 is 0 Å². The molecule has 3 aromatic carbocycles. The Hall–Kier alpha value is -3.05. The molecule has 160 valence electrons. The average Bonchev–Trinajstić information content (AvgIpc) is 2.78. The van der Waals surface area contributed by atoms with E-state index in [-0.39, 0.29) is 17.7 Å². The predicted molar refractivity (Wildman–Crippen MR) is 127 cm³/mol. The van der Waals surface area contributed by atoms with Gasteiger partial charge in [-0.3, -0.25) is 9.59 Å². The number of nitrogens with zero attached hydrogens (tertiary/aromatic N) is 2. The van der Waals surface area contributed by atoms with Gasteiger partial charge in [0.25, 0.3) is 5.91 Å². The van der Waals surface area contributed by atoms with E-state index < -0.39 is 0 Å². The third-order valence-corrected chi connectivity index (χ3v) is 5.88. The van der Waals surface area contributed by atoms with E-state index in [1.807, 2.05) is 73.3 Å². The number of amides is 2. The van der Waals surface area contributed by atoms with E-state index in [9.17, 15) is 9.59 Å². The van der Waals surface area contributed by atoms with Crippen LogP contribution in [0.4, 0.5) is 11.4 Å². The zero-order chi connectivity index (χ0) is 22.0. The van der Waals surface area contributed by atoms with E-state index in [0.717, 1.165) is 16.5 Å². The number of anilines is 2. The van der Waals surface area contributed by atoms with Crippen molar-refractivity contribution in [3.63, 3.8) is 0 Å². The first kappa shape index (κ1) is 21.2. The summed E-state index contributed by atoms with van der Waals surface area (Å²) in [7, 11) is 0. The molecule has 0 radical (unpaired) electrons. The number of hydrogen-bond acceptors (Lipinski definition) is 3. The number of carbonyl (C=O) groups excluding carboxylic acids is 2. The predicted octanol–water partition coefficient (Wildman–Crippen LogP) is 5.05. The summed E-state index contributed by atoms with van der Waals surface area (Å²) in [4.78, 5) is 29.4. The second-order valence-corrected chi connectivity index (χ2v) is 8.58. The van der Waals surface area contributed by atoms with Crippen molar-refractivity contribution in [3.05, 3.63) is 71.2 Å². The van der Waals surface area contributed by atoms with E-state index in [0.29, 0.717) is 42.5 Å². The van der Waals surface area contributed by atoms with E-state index in [1.165, 1.54) is 0 Å². The Kier molecular flexibility index (Phi) is 6.14. The normalized spacial score (nSPS) is 14.2. The van der Waals surface area contributed by atoms with Gasteiger partial charge in [-0.05, 0) is 41.1 Å². The lowest BCUT2D eigenvalue weighted by atomic mass is 10.1. The summed E-state index contributed by atoms with van der Waals surface area (Å²) in [5, 5.41) is 5.71. The molecule has 6 heteroatoms. The van der Waals surface area contributed by atoms with Crippen molar-refractivity contribution in [1.82, 2.24) is 4.90 Å². The molecule has 3 aromatic rings. The molecule has 1 aliphatic heterocycles. The lowest BCUT2D eigenvalue weighted by molar-refractivity contribution is -0.134. The van der Waals surface area contributed by atoms with Gasteiger partial charge in [0.1, 0.15) is 0 Å². The summed E-state index contributed by atoms with van der Waals surface area (Å²) in [6.45, 7) is 6.59. The Balaban J connectivity index is 1.53. The second-order valence-electron chi connectivity index (χ2n) is 8.14. The lowest BCUT2D eigenvalue weighted by Gasteiger charge is -2.37. The Bertz CT molecular complexity index is 1120. The Labute approximate surface area is 187 Å². The first-order valence-corrected chi connectivity index (χ1v) is 10.9. The van der Waals surface area contributed by atoms with Crippen LogP contribution < -0.4 is 10.2 Å². The van der Waals surface area contributed by atoms with E-state index in [1.54, 1.807) is 6.07 Å². The van der Waals surface area contributed by atoms with E-state index >= 15 is 0 Å². The van der Waals surface area contributed by atoms with Gasteiger partial charge in [-0.15, -0.1) is 0 Å². The van der Waals surface area contributed by atoms with Crippen molar-refractivity contribution in [2.24, 2.45) is 5.92 Å². The molecular weight excluding hydrogens is 410 g/mol. The molecule has 1 fully saturated rings. The maximum Gasteiger partial charge on any atom is 0.255 e. The zero-order valence-corrected chi connectivity index (χ0v) is 18.5. The van der Waals surface area contributed by atoms with Gasteiger partial charge in [0.15, 0.2) is 0 Å². The highest BCUT2D eigenvalue weighted by Gasteiger charge is 2.24. The van der Waals surface area contributed by atoms with Crippen molar-refractivity contribution in [2.45, 2.75) is 13.8 Å². The fraction of sp³-hybridized carbons (Fsp3) is 0.280. The maximum absolute atomic E-state index is 13.0. The van der Waals surface area contributed by atoms with Gasteiger partial charge in [-0.25, -0.2) is 0 Å². The number of halogens is 1. The van der Waals surface area contributed by atoms with Gasteiger partial charge in [-0.1, -0.05) is 55.8 Å². The lowest BCUT2D eigenvalue weighted by Crippen LogP contribution is -2.50. The molecule has 0 bridgehead atoms. The monoisotopic (exact) mass is 435 g/mol. The summed E-state index contributed by atoms with van der Waals surface area (Å²) in [5.41, 5.74) is 2.18. The second kappa shape index (κ2) is 8.98. The first-order chi connectivity index (χ1) is 14.9. The largest absolute Gasteiger partial charge is 0.366 e. The number of nitrogens with one attached hydrogen (secondary N) is 1. The number of benzene rings is 3. The van der Waals surface area contributed by atoms with Crippen LogP contribution in [0.2, 0.25) is 5.02 Å². The van der Waals surface area contributed by atoms with Crippen LogP contribution in [0.3, 0.4) is 0 Å². The maximum atomic E-state index is 13.0. The van der Waals surface area contributed by atoms with Crippen LogP contribution in [0.15, 0.2) is 60.7 Å². The highest BCUT2D eigenvalue weighted by molar-refractivity contribution is 6.31. The Morgan fingerprint density at radius 1 is 0.903 bits per heavy atom. The van der Waals surface area contributed by atoms with Crippen molar-refractivity contribution >= 4 is 45.6 Å². The van der Waals surface area contributed by atoms with Crippen molar-refractivity contribution < 1.29 is 9.59 Å². The van der Waals surface area contributed by atoms with Crippen molar-refractivity contribution in [2.75, 3.05) is 36.4 Å². The fourth-order valence-electron chi connectivity index (χ4n) is 3.94.